The van der Waals surface area contributed by atoms with E-state index in [0.29, 0.717) is 0 Å². The van der Waals surface area contributed by atoms with Gasteiger partial charge in [0.2, 0.25) is 0 Å². The number of halogens is 1. The fraction of sp³-hybridized carbons (Fsp3) is 0.154. The van der Waals surface area contributed by atoms with Gasteiger partial charge in [0.05, 0.1) is 15.8 Å². The number of nitrogens with zero attached hydrogens (tertiary/aromatic N) is 2. The third kappa shape index (κ3) is 7.42. The number of benzene rings is 8. The molecule has 0 aromatic heterocycles. The van der Waals surface area contributed by atoms with Crippen LogP contribution < -0.4 is 9.80 Å². The Morgan fingerprint density at radius 1 is 0.345 bits per heavy atom. The minimum Gasteiger partial charge on any atom is -0.309 e. The van der Waals surface area contributed by atoms with Crippen LogP contribution in [0.4, 0.5) is 34.1 Å². The van der Waals surface area contributed by atoms with Crippen LogP contribution in [-0.4, -0.2) is 0 Å². The van der Waals surface area contributed by atoms with Gasteiger partial charge in [0.25, 0.3) is 0 Å². The standard InChI is InChI=1S/C52H47BrN2/c1-51(2,3)42-22-28-44(29-23-42)54(45-30-24-43(25-31-45)52(4,5)6)48-34-41(36-14-8-7-9-15-36)35-49(50(48)53)55(46-26-20-37-16-10-12-18-39(37)32-46)47-27-21-38-17-11-13-19-40(38)33-47/h7-35H,1-6H3. The Kier molecular flexibility index (Phi) is 9.61. The molecule has 0 spiro atoms. The molecule has 0 unspecified atom stereocenters. The molecule has 0 radical (unpaired) electrons. The Bertz CT molecular complexity index is 2470. The van der Waals surface area contributed by atoms with E-state index in [2.05, 4.69) is 243 Å². The van der Waals surface area contributed by atoms with Gasteiger partial charge in [-0.1, -0.05) is 157 Å². The smallest absolute Gasteiger partial charge is 0.0657 e. The Balaban J connectivity index is 1.42. The summed E-state index contributed by atoms with van der Waals surface area (Å²) in [5.41, 5.74) is 11.4. The summed E-state index contributed by atoms with van der Waals surface area (Å²) in [4.78, 5) is 4.81. The fourth-order valence-electron chi connectivity index (χ4n) is 7.42. The average Bonchev–Trinajstić information content (AvgIpc) is 3.19. The number of hydrogen-bond acceptors (Lipinski definition) is 2. The lowest BCUT2D eigenvalue weighted by molar-refractivity contribution is 0.590. The maximum Gasteiger partial charge on any atom is 0.0657 e. The Hall–Kier alpha value is -5.64. The van der Waals surface area contributed by atoms with E-state index in [4.69, 9.17) is 0 Å². The zero-order valence-electron chi connectivity index (χ0n) is 32.5. The highest BCUT2D eigenvalue weighted by molar-refractivity contribution is 9.10. The first kappa shape index (κ1) is 36.3. The molecule has 0 atom stereocenters. The van der Waals surface area contributed by atoms with Crippen LogP contribution in [0.15, 0.2) is 180 Å². The van der Waals surface area contributed by atoms with Crippen LogP contribution in [0, 0.1) is 0 Å². The van der Waals surface area contributed by atoms with Crippen molar-refractivity contribution in [2.24, 2.45) is 0 Å². The topological polar surface area (TPSA) is 6.48 Å². The molecular formula is C52H47BrN2. The summed E-state index contributed by atoms with van der Waals surface area (Å²) in [6.07, 6.45) is 0. The van der Waals surface area contributed by atoms with Crippen LogP contribution in [0.3, 0.4) is 0 Å². The van der Waals surface area contributed by atoms with Gasteiger partial charge in [0, 0.05) is 22.7 Å². The van der Waals surface area contributed by atoms with Gasteiger partial charge in [-0.25, -0.2) is 0 Å². The molecule has 2 nitrogen and oxygen atoms in total. The molecule has 0 aliphatic carbocycles. The van der Waals surface area contributed by atoms with E-state index in [9.17, 15) is 0 Å². The van der Waals surface area contributed by atoms with E-state index >= 15 is 0 Å². The summed E-state index contributed by atoms with van der Waals surface area (Å²) in [6, 6.07) is 64.3. The van der Waals surface area contributed by atoms with Crippen molar-refractivity contribution in [2.45, 2.75) is 52.4 Å². The van der Waals surface area contributed by atoms with Crippen molar-refractivity contribution in [2.75, 3.05) is 9.80 Å². The van der Waals surface area contributed by atoms with Gasteiger partial charge in [-0.3, -0.25) is 0 Å². The molecule has 0 bridgehead atoms. The molecule has 0 heterocycles. The van der Waals surface area contributed by atoms with Crippen LogP contribution in [0.5, 0.6) is 0 Å². The third-order valence-corrected chi connectivity index (χ3v) is 11.4. The molecular weight excluding hydrogens is 732 g/mol. The van der Waals surface area contributed by atoms with Gasteiger partial charge in [-0.05, 0) is 131 Å². The molecule has 8 aromatic rings. The lowest BCUT2D eigenvalue weighted by Gasteiger charge is -2.33. The zero-order chi connectivity index (χ0) is 38.3. The second-order valence-corrected chi connectivity index (χ2v) is 17.3. The lowest BCUT2D eigenvalue weighted by atomic mass is 9.86. The van der Waals surface area contributed by atoms with E-state index in [1.165, 1.54) is 32.7 Å². The molecule has 0 aliphatic rings. The van der Waals surface area contributed by atoms with Gasteiger partial charge in [0.1, 0.15) is 0 Å². The highest BCUT2D eigenvalue weighted by Crippen LogP contribution is 2.50. The molecule has 272 valence electrons. The Morgan fingerprint density at radius 2 is 0.709 bits per heavy atom. The van der Waals surface area contributed by atoms with Crippen molar-refractivity contribution in [3.8, 4) is 11.1 Å². The van der Waals surface area contributed by atoms with Gasteiger partial charge >= 0.3 is 0 Å². The zero-order valence-corrected chi connectivity index (χ0v) is 34.1. The summed E-state index contributed by atoms with van der Waals surface area (Å²) in [5, 5.41) is 4.82. The van der Waals surface area contributed by atoms with E-state index in [1.54, 1.807) is 0 Å². The maximum absolute atomic E-state index is 4.29. The second kappa shape index (κ2) is 14.5. The molecule has 0 amide bonds. The SMILES string of the molecule is CC(C)(C)c1ccc(N(c2ccc(C(C)(C)C)cc2)c2cc(-c3ccccc3)cc(N(c3ccc4ccccc4c3)c3ccc4ccccc4c3)c2Br)cc1. The first-order chi connectivity index (χ1) is 26.4. The van der Waals surface area contributed by atoms with Crippen molar-refractivity contribution in [3.63, 3.8) is 0 Å². The van der Waals surface area contributed by atoms with E-state index < -0.39 is 0 Å². The van der Waals surface area contributed by atoms with Crippen LogP contribution in [-0.2, 0) is 10.8 Å². The molecule has 3 heteroatoms. The number of rotatable bonds is 7. The molecule has 0 saturated heterocycles. The predicted octanol–water partition coefficient (Wildman–Crippen LogP) is 16.0. The molecule has 0 aliphatic heterocycles. The van der Waals surface area contributed by atoms with Gasteiger partial charge in [-0.15, -0.1) is 0 Å². The molecule has 55 heavy (non-hydrogen) atoms. The summed E-state index contributed by atoms with van der Waals surface area (Å²) in [5.74, 6) is 0. The highest BCUT2D eigenvalue weighted by Gasteiger charge is 2.25. The first-order valence-electron chi connectivity index (χ1n) is 19.1. The van der Waals surface area contributed by atoms with Crippen LogP contribution in [0.1, 0.15) is 52.7 Å². The summed E-state index contributed by atoms with van der Waals surface area (Å²) >= 11 is 4.29. The largest absolute Gasteiger partial charge is 0.309 e. The normalized spacial score (nSPS) is 11.9. The minimum absolute atomic E-state index is 0.0406. The van der Waals surface area contributed by atoms with Crippen molar-refractivity contribution in [3.05, 3.63) is 192 Å². The monoisotopic (exact) mass is 778 g/mol. The molecule has 0 fully saturated rings. The Morgan fingerprint density at radius 3 is 1.13 bits per heavy atom. The van der Waals surface area contributed by atoms with E-state index in [0.717, 1.165) is 49.7 Å². The molecule has 8 rings (SSSR count). The summed E-state index contributed by atoms with van der Waals surface area (Å²) < 4.78 is 0.994. The van der Waals surface area contributed by atoms with Gasteiger partial charge < -0.3 is 9.80 Å². The number of hydrogen-bond donors (Lipinski definition) is 0. The van der Waals surface area contributed by atoms with Crippen molar-refractivity contribution < 1.29 is 0 Å². The van der Waals surface area contributed by atoms with Crippen molar-refractivity contribution in [1.82, 2.24) is 0 Å². The summed E-state index contributed by atoms with van der Waals surface area (Å²) in [7, 11) is 0. The van der Waals surface area contributed by atoms with E-state index in [-0.39, 0.29) is 10.8 Å². The van der Waals surface area contributed by atoms with Gasteiger partial charge in [0.15, 0.2) is 0 Å². The predicted molar refractivity (Wildman–Crippen MR) is 241 cm³/mol. The van der Waals surface area contributed by atoms with E-state index in [1.807, 2.05) is 0 Å². The lowest BCUT2D eigenvalue weighted by Crippen LogP contribution is -2.16. The van der Waals surface area contributed by atoms with Crippen LogP contribution in [0.25, 0.3) is 32.7 Å². The minimum atomic E-state index is 0.0406. The van der Waals surface area contributed by atoms with Crippen molar-refractivity contribution in [1.29, 1.82) is 0 Å². The molecule has 0 N–H and O–H groups in total. The average molecular weight is 780 g/mol. The second-order valence-electron chi connectivity index (χ2n) is 16.5. The van der Waals surface area contributed by atoms with Gasteiger partial charge in [-0.2, -0.15) is 0 Å². The van der Waals surface area contributed by atoms with Crippen LogP contribution >= 0.6 is 15.9 Å². The third-order valence-electron chi connectivity index (χ3n) is 10.6. The maximum atomic E-state index is 4.29. The first-order valence-corrected chi connectivity index (χ1v) is 19.9. The molecule has 8 aromatic carbocycles. The quantitative estimate of drug-likeness (QED) is 0.159. The number of anilines is 6. The summed E-state index contributed by atoms with van der Waals surface area (Å²) in [6.45, 7) is 13.6. The van der Waals surface area contributed by atoms with Crippen LogP contribution in [0.2, 0.25) is 0 Å². The van der Waals surface area contributed by atoms with Crippen molar-refractivity contribution >= 4 is 71.6 Å². The number of fused-ring (bicyclic) bond motifs is 2. The molecule has 0 saturated carbocycles. The Labute approximate surface area is 334 Å². The highest BCUT2D eigenvalue weighted by atomic mass is 79.9. The fourth-order valence-corrected chi connectivity index (χ4v) is 8.01.